The van der Waals surface area contributed by atoms with Crippen LogP contribution in [0.4, 0.5) is 5.69 Å². The van der Waals surface area contributed by atoms with Crippen LogP contribution in [0.1, 0.15) is 30.6 Å². The number of rotatable bonds is 2. The van der Waals surface area contributed by atoms with Crippen LogP contribution in [0.3, 0.4) is 0 Å². The van der Waals surface area contributed by atoms with Gasteiger partial charge in [0.15, 0.2) is 6.29 Å². The second-order valence-corrected chi connectivity index (χ2v) is 6.45. The molecule has 1 saturated heterocycles. The SMILES string of the molecule is CC1(C)CN(c2cc(Br)ccc2C=O)CCC1O. The van der Waals surface area contributed by atoms with Crippen LogP contribution < -0.4 is 4.90 Å². The van der Waals surface area contributed by atoms with E-state index in [-0.39, 0.29) is 11.5 Å². The molecule has 18 heavy (non-hydrogen) atoms. The number of benzene rings is 1. The molecule has 0 saturated carbocycles. The Kier molecular flexibility index (Phi) is 3.78. The minimum atomic E-state index is -0.277. The Morgan fingerprint density at radius 1 is 1.50 bits per heavy atom. The Bertz CT molecular complexity index is 459. The van der Waals surface area contributed by atoms with Crippen molar-refractivity contribution in [2.24, 2.45) is 5.41 Å². The number of carbonyl (C=O) groups excluding carboxylic acids is 1. The lowest BCUT2D eigenvalue weighted by atomic mass is 9.81. The molecule has 0 radical (unpaired) electrons. The van der Waals surface area contributed by atoms with Crippen molar-refractivity contribution >= 4 is 27.9 Å². The zero-order valence-corrected chi connectivity index (χ0v) is 12.3. The van der Waals surface area contributed by atoms with Gasteiger partial charge in [-0.05, 0) is 24.6 Å². The molecule has 2 rings (SSSR count). The van der Waals surface area contributed by atoms with Gasteiger partial charge in [-0.2, -0.15) is 0 Å². The summed E-state index contributed by atoms with van der Waals surface area (Å²) in [5.74, 6) is 0. The lowest BCUT2D eigenvalue weighted by Gasteiger charge is -2.43. The zero-order valence-electron chi connectivity index (χ0n) is 10.7. The van der Waals surface area contributed by atoms with Crippen LogP contribution in [-0.2, 0) is 0 Å². The number of aliphatic hydroxyl groups is 1. The number of anilines is 1. The maximum absolute atomic E-state index is 11.1. The van der Waals surface area contributed by atoms with Gasteiger partial charge in [0.05, 0.1) is 6.10 Å². The van der Waals surface area contributed by atoms with E-state index in [1.54, 1.807) is 0 Å². The fourth-order valence-electron chi connectivity index (χ4n) is 2.44. The highest BCUT2D eigenvalue weighted by Gasteiger charge is 2.35. The Labute approximate surface area is 116 Å². The summed E-state index contributed by atoms with van der Waals surface area (Å²) in [6.07, 6.45) is 1.35. The predicted octanol–water partition coefficient (Wildman–Crippen LogP) is 2.86. The standard InChI is InChI=1S/C14H18BrNO2/c1-14(2)9-16(6-5-13(14)18)12-7-11(15)4-3-10(12)8-17/h3-4,7-8,13,18H,5-6,9H2,1-2H3. The van der Waals surface area contributed by atoms with E-state index in [1.165, 1.54) is 0 Å². The van der Waals surface area contributed by atoms with Crippen molar-refractivity contribution in [1.82, 2.24) is 0 Å². The normalized spacial score (nSPS) is 22.9. The highest BCUT2D eigenvalue weighted by molar-refractivity contribution is 9.10. The van der Waals surface area contributed by atoms with E-state index in [1.807, 2.05) is 18.2 Å². The van der Waals surface area contributed by atoms with E-state index >= 15 is 0 Å². The van der Waals surface area contributed by atoms with Crippen LogP contribution in [0.2, 0.25) is 0 Å². The molecule has 0 spiro atoms. The third kappa shape index (κ3) is 2.59. The third-order valence-corrected chi connectivity index (χ3v) is 4.13. The van der Waals surface area contributed by atoms with Crippen molar-refractivity contribution in [2.45, 2.75) is 26.4 Å². The van der Waals surface area contributed by atoms with Crippen molar-refractivity contribution in [3.05, 3.63) is 28.2 Å². The highest BCUT2D eigenvalue weighted by Crippen LogP contribution is 2.34. The minimum absolute atomic E-state index is 0.152. The minimum Gasteiger partial charge on any atom is -0.392 e. The molecule has 1 aliphatic heterocycles. The molecule has 1 aromatic rings. The molecule has 0 amide bonds. The van der Waals surface area contributed by atoms with Crippen LogP contribution in [0.5, 0.6) is 0 Å². The number of halogens is 1. The first-order valence-electron chi connectivity index (χ1n) is 6.12. The van der Waals surface area contributed by atoms with Crippen LogP contribution in [0, 0.1) is 5.41 Å². The summed E-state index contributed by atoms with van der Waals surface area (Å²) in [4.78, 5) is 13.3. The molecule has 0 aromatic heterocycles. The molecule has 0 bridgehead atoms. The number of aldehydes is 1. The molecule has 1 unspecified atom stereocenters. The number of carbonyl (C=O) groups is 1. The van der Waals surface area contributed by atoms with Gasteiger partial charge in [-0.1, -0.05) is 29.8 Å². The van der Waals surface area contributed by atoms with Crippen LogP contribution in [-0.4, -0.2) is 30.6 Å². The lowest BCUT2D eigenvalue weighted by Crippen LogP contribution is -2.48. The van der Waals surface area contributed by atoms with E-state index in [0.29, 0.717) is 5.56 Å². The van der Waals surface area contributed by atoms with E-state index in [4.69, 9.17) is 0 Å². The topological polar surface area (TPSA) is 40.5 Å². The Morgan fingerprint density at radius 3 is 2.83 bits per heavy atom. The molecule has 1 heterocycles. The smallest absolute Gasteiger partial charge is 0.152 e. The maximum atomic E-state index is 11.1. The Morgan fingerprint density at radius 2 is 2.22 bits per heavy atom. The van der Waals surface area contributed by atoms with E-state index in [2.05, 4.69) is 34.7 Å². The van der Waals surface area contributed by atoms with E-state index in [9.17, 15) is 9.90 Å². The van der Waals surface area contributed by atoms with Gasteiger partial charge in [0, 0.05) is 34.2 Å². The number of piperidine rings is 1. The summed E-state index contributed by atoms with van der Waals surface area (Å²) in [7, 11) is 0. The molecule has 1 atom stereocenters. The van der Waals surface area contributed by atoms with Gasteiger partial charge >= 0.3 is 0 Å². The summed E-state index contributed by atoms with van der Waals surface area (Å²) in [5.41, 5.74) is 1.49. The third-order valence-electron chi connectivity index (χ3n) is 3.63. The second-order valence-electron chi connectivity index (χ2n) is 5.54. The largest absolute Gasteiger partial charge is 0.392 e. The summed E-state index contributed by atoms with van der Waals surface area (Å²) >= 11 is 3.44. The maximum Gasteiger partial charge on any atom is 0.152 e. The average molecular weight is 312 g/mol. The molecular weight excluding hydrogens is 294 g/mol. The Hall–Kier alpha value is -0.870. The van der Waals surface area contributed by atoms with Gasteiger partial charge in [0.2, 0.25) is 0 Å². The molecule has 98 valence electrons. The molecular formula is C14H18BrNO2. The average Bonchev–Trinajstić information content (AvgIpc) is 2.32. The summed E-state index contributed by atoms with van der Waals surface area (Å²) in [6.45, 7) is 5.65. The first-order valence-corrected chi connectivity index (χ1v) is 6.91. The summed E-state index contributed by atoms with van der Waals surface area (Å²) in [6, 6.07) is 5.67. The number of nitrogens with zero attached hydrogens (tertiary/aromatic N) is 1. The molecule has 1 N–H and O–H groups in total. The summed E-state index contributed by atoms with van der Waals surface area (Å²) in [5, 5.41) is 9.98. The van der Waals surface area contributed by atoms with Crippen LogP contribution in [0.25, 0.3) is 0 Å². The first-order chi connectivity index (χ1) is 8.44. The molecule has 4 heteroatoms. The second kappa shape index (κ2) is 5.02. The van der Waals surface area contributed by atoms with Gasteiger partial charge in [-0.15, -0.1) is 0 Å². The fraction of sp³-hybridized carbons (Fsp3) is 0.500. The van der Waals surface area contributed by atoms with Crippen molar-refractivity contribution in [1.29, 1.82) is 0 Å². The van der Waals surface area contributed by atoms with Gasteiger partial charge in [-0.25, -0.2) is 0 Å². The van der Waals surface area contributed by atoms with E-state index < -0.39 is 0 Å². The predicted molar refractivity (Wildman–Crippen MR) is 76.1 cm³/mol. The molecule has 1 aromatic carbocycles. The highest BCUT2D eigenvalue weighted by atomic mass is 79.9. The fourth-order valence-corrected chi connectivity index (χ4v) is 2.79. The van der Waals surface area contributed by atoms with Gasteiger partial charge in [0.25, 0.3) is 0 Å². The van der Waals surface area contributed by atoms with Gasteiger partial charge in [-0.3, -0.25) is 4.79 Å². The quantitative estimate of drug-likeness (QED) is 0.854. The van der Waals surface area contributed by atoms with E-state index in [0.717, 1.165) is 36.0 Å². The van der Waals surface area contributed by atoms with Crippen LogP contribution in [0.15, 0.2) is 22.7 Å². The van der Waals surface area contributed by atoms with Crippen molar-refractivity contribution in [2.75, 3.05) is 18.0 Å². The molecule has 3 nitrogen and oxygen atoms in total. The lowest BCUT2D eigenvalue weighted by molar-refractivity contribution is 0.0336. The van der Waals surface area contributed by atoms with Gasteiger partial charge < -0.3 is 10.0 Å². The van der Waals surface area contributed by atoms with Gasteiger partial charge in [0.1, 0.15) is 0 Å². The van der Waals surface area contributed by atoms with Crippen molar-refractivity contribution < 1.29 is 9.90 Å². The summed E-state index contributed by atoms with van der Waals surface area (Å²) < 4.78 is 0.965. The monoisotopic (exact) mass is 311 g/mol. The van der Waals surface area contributed by atoms with Crippen LogP contribution >= 0.6 is 15.9 Å². The number of hydrogen-bond acceptors (Lipinski definition) is 3. The molecule has 1 fully saturated rings. The first kappa shape index (κ1) is 13.6. The van der Waals surface area contributed by atoms with Crippen molar-refractivity contribution in [3.63, 3.8) is 0 Å². The zero-order chi connectivity index (χ0) is 13.3. The molecule has 0 aliphatic carbocycles. The molecule has 1 aliphatic rings. The number of hydrogen-bond donors (Lipinski definition) is 1. The van der Waals surface area contributed by atoms with Crippen molar-refractivity contribution in [3.8, 4) is 0 Å². The number of aliphatic hydroxyl groups excluding tert-OH is 1. The Balaban J connectivity index is 2.32.